The Kier molecular flexibility index (Phi) is 8.59. The third-order valence-corrected chi connectivity index (χ3v) is 3.87. The highest BCUT2D eigenvalue weighted by Crippen LogP contribution is 2.08. The van der Waals surface area contributed by atoms with Crippen LogP contribution in [-0.2, 0) is 27.4 Å². The molecule has 0 saturated carbocycles. The molecule has 1 aromatic carbocycles. The molecule has 0 aliphatic carbocycles. The second kappa shape index (κ2) is 11.0. The molecule has 0 aromatic heterocycles. The minimum atomic E-state index is 0.281. The normalized spacial score (nSPS) is 17.9. The monoisotopic (exact) mass is 335 g/mol. The lowest BCUT2D eigenvalue weighted by atomic mass is 10.1. The van der Waals surface area contributed by atoms with Gasteiger partial charge in [0.2, 0.25) is 0 Å². The standard InChI is InChI=1S/C18H29N3O3/c1-19-18(20-9-3-10-24-17-8-11-23-14-17)21-12-15-4-6-16(7-5-15)13-22-2/h4-7,17H,3,8-14H2,1-2H3,(H2,19,20,21). The van der Waals surface area contributed by atoms with Crippen molar-refractivity contribution in [2.75, 3.05) is 40.5 Å². The van der Waals surface area contributed by atoms with Crippen molar-refractivity contribution >= 4 is 5.96 Å². The number of rotatable bonds is 9. The maximum Gasteiger partial charge on any atom is 0.191 e. The Labute approximate surface area is 144 Å². The van der Waals surface area contributed by atoms with E-state index in [0.29, 0.717) is 6.61 Å². The molecule has 6 nitrogen and oxygen atoms in total. The average Bonchev–Trinajstić information content (AvgIpc) is 3.12. The van der Waals surface area contributed by atoms with Gasteiger partial charge in [0.1, 0.15) is 0 Å². The summed E-state index contributed by atoms with van der Waals surface area (Å²) in [4.78, 5) is 4.24. The largest absolute Gasteiger partial charge is 0.380 e. The first kappa shape index (κ1) is 18.7. The van der Waals surface area contributed by atoms with Gasteiger partial charge in [-0.1, -0.05) is 24.3 Å². The summed E-state index contributed by atoms with van der Waals surface area (Å²) in [5.41, 5.74) is 2.39. The van der Waals surface area contributed by atoms with Crippen LogP contribution in [0.4, 0.5) is 0 Å². The third-order valence-electron chi connectivity index (χ3n) is 3.87. The van der Waals surface area contributed by atoms with Crippen LogP contribution in [0.5, 0.6) is 0 Å². The molecule has 1 heterocycles. The Morgan fingerprint density at radius 1 is 1.25 bits per heavy atom. The lowest BCUT2D eigenvalue weighted by molar-refractivity contribution is 0.0420. The number of nitrogens with one attached hydrogen (secondary N) is 2. The van der Waals surface area contributed by atoms with Crippen molar-refractivity contribution in [3.8, 4) is 0 Å². The topological polar surface area (TPSA) is 64.1 Å². The number of aliphatic imine (C=N–C) groups is 1. The quantitative estimate of drug-likeness (QED) is 0.408. The van der Waals surface area contributed by atoms with Crippen molar-refractivity contribution in [3.05, 3.63) is 35.4 Å². The van der Waals surface area contributed by atoms with Gasteiger partial charge >= 0.3 is 0 Å². The van der Waals surface area contributed by atoms with Crippen molar-refractivity contribution in [2.45, 2.75) is 32.1 Å². The molecular weight excluding hydrogens is 306 g/mol. The second-order valence-corrected chi connectivity index (χ2v) is 5.81. The van der Waals surface area contributed by atoms with Gasteiger partial charge in [0.25, 0.3) is 0 Å². The van der Waals surface area contributed by atoms with E-state index in [-0.39, 0.29) is 6.10 Å². The van der Waals surface area contributed by atoms with Crippen LogP contribution in [0.3, 0.4) is 0 Å². The van der Waals surface area contributed by atoms with Crippen molar-refractivity contribution in [1.29, 1.82) is 0 Å². The molecule has 1 aliphatic heterocycles. The molecule has 1 aliphatic rings. The highest BCUT2D eigenvalue weighted by molar-refractivity contribution is 5.79. The van der Waals surface area contributed by atoms with Gasteiger partial charge in [0.05, 0.1) is 19.3 Å². The van der Waals surface area contributed by atoms with E-state index in [2.05, 4.69) is 39.9 Å². The van der Waals surface area contributed by atoms with Gasteiger partial charge in [-0.2, -0.15) is 0 Å². The highest BCUT2D eigenvalue weighted by Gasteiger charge is 2.15. The molecule has 0 spiro atoms. The summed E-state index contributed by atoms with van der Waals surface area (Å²) < 4.78 is 16.1. The molecule has 0 amide bonds. The number of ether oxygens (including phenoxy) is 3. The molecule has 24 heavy (non-hydrogen) atoms. The zero-order valence-electron chi connectivity index (χ0n) is 14.7. The zero-order chi connectivity index (χ0) is 17.0. The molecule has 2 N–H and O–H groups in total. The van der Waals surface area contributed by atoms with Crippen molar-refractivity contribution in [3.63, 3.8) is 0 Å². The van der Waals surface area contributed by atoms with Crippen molar-refractivity contribution in [2.24, 2.45) is 4.99 Å². The Balaban J connectivity index is 1.59. The van der Waals surface area contributed by atoms with Crippen molar-refractivity contribution in [1.82, 2.24) is 10.6 Å². The fraction of sp³-hybridized carbons (Fsp3) is 0.611. The molecule has 1 atom stereocenters. The Hall–Kier alpha value is -1.63. The van der Waals surface area contributed by atoms with Crippen molar-refractivity contribution < 1.29 is 14.2 Å². The fourth-order valence-electron chi connectivity index (χ4n) is 2.50. The molecule has 6 heteroatoms. The maximum atomic E-state index is 5.74. The lowest BCUT2D eigenvalue weighted by Gasteiger charge is -2.13. The smallest absolute Gasteiger partial charge is 0.191 e. The van der Waals surface area contributed by atoms with E-state index in [1.807, 2.05) is 0 Å². The summed E-state index contributed by atoms with van der Waals surface area (Å²) in [6.07, 6.45) is 2.24. The predicted octanol–water partition coefficient (Wildman–Crippen LogP) is 1.69. The van der Waals surface area contributed by atoms with E-state index in [0.717, 1.165) is 51.7 Å². The Bertz CT molecular complexity index is 485. The van der Waals surface area contributed by atoms with Crippen LogP contribution >= 0.6 is 0 Å². The summed E-state index contributed by atoms with van der Waals surface area (Å²) in [7, 11) is 3.49. The van der Waals surface area contributed by atoms with Crippen LogP contribution in [0.1, 0.15) is 24.0 Å². The summed E-state index contributed by atoms with van der Waals surface area (Å²) in [5, 5.41) is 6.62. The Morgan fingerprint density at radius 2 is 2.04 bits per heavy atom. The van der Waals surface area contributed by atoms with Gasteiger partial charge < -0.3 is 24.8 Å². The number of hydrogen-bond acceptors (Lipinski definition) is 4. The van der Waals surface area contributed by atoms with E-state index < -0.39 is 0 Å². The molecule has 1 aromatic rings. The van der Waals surface area contributed by atoms with Gasteiger partial charge in [-0.25, -0.2) is 0 Å². The number of nitrogens with zero attached hydrogens (tertiary/aromatic N) is 1. The van der Waals surface area contributed by atoms with E-state index >= 15 is 0 Å². The summed E-state index contributed by atoms with van der Waals surface area (Å²) in [5.74, 6) is 0.806. The van der Waals surface area contributed by atoms with Crippen LogP contribution in [0.25, 0.3) is 0 Å². The molecule has 1 fully saturated rings. The maximum absolute atomic E-state index is 5.74. The van der Waals surface area contributed by atoms with Gasteiger partial charge in [-0.15, -0.1) is 0 Å². The highest BCUT2D eigenvalue weighted by atomic mass is 16.5. The first-order chi connectivity index (χ1) is 11.8. The van der Waals surface area contributed by atoms with Crippen LogP contribution in [0.15, 0.2) is 29.3 Å². The van der Waals surface area contributed by atoms with Crippen LogP contribution in [-0.4, -0.2) is 52.6 Å². The summed E-state index contributed by atoms with van der Waals surface area (Å²) in [6.45, 7) is 4.53. The Morgan fingerprint density at radius 3 is 2.71 bits per heavy atom. The summed E-state index contributed by atoms with van der Waals surface area (Å²) in [6, 6.07) is 8.37. The number of benzene rings is 1. The minimum absolute atomic E-state index is 0.281. The first-order valence-corrected chi connectivity index (χ1v) is 8.52. The number of hydrogen-bond donors (Lipinski definition) is 2. The molecule has 0 radical (unpaired) electrons. The van der Waals surface area contributed by atoms with Gasteiger partial charge in [0, 0.05) is 40.5 Å². The van der Waals surface area contributed by atoms with Crippen LogP contribution < -0.4 is 10.6 Å². The third kappa shape index (κ3) is 6.86. The SMILES string of the molecule is CN=C(NCCCOC1CCOC1)NCc1ccc(COC)cc1. The van der Waals surface area contributed by atoms with Crippen LogP contribution in [0, 0.1) is 0 Å². The second-order valence-electron chi connectivity index (χ2n) is 5.81. The average molecular weight is 335 g/mol. The fourth-order valence-corrected chi connectivity index (χ4v) is 2.50. The minimum Gasteiger partial charge on any atom is -0.380 e. The van der Waals surface area contributed by atoms with E-state index in [4.69, 9.17) is 14.2 Å². The van der Waals surface area contributed by atoms with Gasteiger partial charge in [-0.3, -0.25) is 4.99 Å². The zero-order valence-corrected chi connectivity index (χ0v) is 14.7. The molecule has 1 unspecified atom stereocenters. The predicted molar refractivity (Wildman–Crippen MR) is 95.1 cm³/mol. The van der Waals surface area contributed by atoms with E-state index in [1.54, 1.807) is 14.2 Å². The molecule has 1 saturated heterocycles. The van der Waals surface area contributed by atoms with Gasteiger partial charge in [-0.05, 0) is 24.0 Å². The molecular formula is C18H29N3O3. The van der Waals surface area contributed by atoms with E-state index in [1.165, 1.54) is 11.1 Å². The van der Waals surface area contributed by atoms with E-state index in [9.17, 15) is 0 Å². The first-order valence-electron chi connectivity index (χ1n) is 8.52. The summed E-state index contributed by atoms with van der Waals surface area (Å²) >= 11 is 0. The molecule has 0 bridgehead atoms. The lowest BCUT2D eigenvalue weighted by Crippen LogP contribution is -2.37. The number of methoxy groups -OCH3 is 1. The molecule has 2 rings (SSSR count). The number of guanidine groups is 1. The van der Waals surface area contributed by atoms with Gasteiger partial charge in [0.15, 0.2) is 5.96 Å². The molecule has 134 valence electrons. The van der Waals surface area contributed by atoms with Crippen LogP contribution in [0.2, 0.25) is 0 Å².